The minimum atomic E-state index is -0.278. The van der Waals surface area contributed by atoms with Crippen LogP contribution in [0.5, 0.6) is 0 Å². The summed E-state index contributed by atoms with van der Waals surface area (Å²) >= 11 is 0. The van der Waals surface area contributed by atoms with Crippen LogP contribution in [0.3, 0.4) is 0 Å². The zero-order valence-corrected chi connectivity index (χ0v) is 24.5. The Morgan fingerprint density at radius 1 is 0.917 bits per heavy atom. The van der Waals surface area contributed by atoms with Crippen LogP contribution >= 0.6 is 0 Å². The van der Waals surface area contributed by atoms with Gasteiger partial charge in [0.2, 0.25) is 0 Å². The number of fused-ring (bicyclic) bond motifs is 7. The Bertz CT molecular complexity index is 950. The lowest BCUT2D eigenvalue weighted by Gasteiger charge is -2.72. The molecule has 0 heterocycles. The van der Waals surface area contributed by atoms with Crippen LogP contribution in [0.2, 0.25) is 0 Å². The zero-order valence-electron chi connectivity index (χ0n) is 24.5. The van der Waals surface area contributed by atoms with E-state index in [1.165, 1.54) is 39.0 Å². The van der Waals surface area contributed by atoms with Crippen molar-refractivity contribution in [3.63, 3.8) is 0 Å². The van der Waals surface area contributed by atoms with Crippen molar-refractivity contribution in [3.8, 4) is 0 Å². The van der Waals surface area contributed by atoms with Crippen molar-refractivity contribution >= 4 is 5.97 Å². The van der Waals surface area contributed by atoms with Crippen LogP contribution < -0.4 is 0 Å². The van der Waals surface area contributed by atoms with E-state index in [2.05, 4.69) is 61.5 Å². The molecule has 5 rings (SSSR count). The molecule has 4 heteroatoms. The zero-order chi connectivity index (χ0) is 26.5. The molecule has 0 saturated heterocycles. The molecule has 4 saturated carbocycles. The Labute approximate surface area is 219 Å². The van der Waals surface area contributed by atoms with Gasteiger partial charge in [0.25, 0.3) is 0 Å². The largest absolute Gasteiger partial charge is 0.462 e. The van der Waals surface area contributed by atoms with E-state index in [1.54, 1.807) is 5.57 Å². The predicted octanol–water partition coefficient (Wildman–Crippen LogP) is 8.21. The average Bonchev–Trinajstić information content (AvgIpc) is 2.77. The van der Waals surface area contributed by atoms with Crippen molar-refractivity contribution in [1.29, 1.82) is 0 Å². The van der Waals surface area contributed by atoms with Crippen LogP contribution in [0.4, 0.5) is 0 Å². The molecule has 4 nitrogen and oxygen atoms in total. The number of esters is 1. The third-order valence-electron chi connectivity index (χ3n) is 13.4. The van der Waals surface area contributed by atoms with Gasteiger partial charge in [-0.25, -0.2) is 4.89 Å². The Hall–Kier alpha value is -0.870. The van der Waals surface area contributed by atoms with Crippen LogP contribution in [-0.4, -0.2) is 23.4 Å². The molecule has 0 bridgehead atoms. The molecule has 0 aliphatic heterocycles. The highest BCUT2D eigenvalue weighted by atomic mass is 17.1. The molecular formula is C32H52O4. The predicted molar refractivity (Wildman–Crippen MR) is 143 cm³/mol. The SMILES string of the molecule is CC(=O)OC1CC[C@@]2(C)C(CC[C@]3(C)C2[C@@H](OO)C=C2C4CC(C)(C)CC[C@]4(C)CC[C@]23C)C1(C)C. The maximum Gasteiger partial charge on any atom is 0.302 e. The molecule has 4 fully saturated rings. The van der Waals surface area contributed by atoms with Gasteiger partial charge in [-0.3, -0.25) is 10.1 Å². The molecule has 204 valence electrons. The normalized spacial score (nSPS) is 51.1. The van der Waals surface area contributed by atoms with E-state index in [0.717, 1.165) is 25.7 Å². The molecule has 0 radical (unpaired) electrons. The van der Waals surface area contributed by atoms with Gasteiger partial charge in [-0.2, -0.15) is 0 Å². The fourth-order valence-electron chi connectivity index (χ4n) is 11.1. The van der Waals surface area contributed by atoms with Gasteiger partial charge >= 0.3 is 5.97 Å². The summed E-state index contributed by atoms with van der Waals surface area (Å²) in [7, 11) is 0. The van der Waals surface area contributed by atoms with Crippen LogP contribution in [0, 0.1) is 50.2 Å². The number of hydrogen-bond acceptors (Lipinski definition) is 4. The standard InChI is InChI=1S/C32H52O4/c1-20(33)35-25-11-12-30(7)24(28(25,4)5)10-13-32(9)26(30)23(36-34)18-21-22-19-27(2,3)14-15-29(22,6)16-17-31(21,32)8/h18,22-26,34H,10-17,19H2,1-9H3/t22?,23-,24?,25?,26?,29+,30-,31+,32+/m0/s1. The number of carbonyl (C=O) groups is 1. The van der Waals surface area contributed by atoms with Crippen molar-refractivity contribution < 1.29 is 19.7 Å². The molecule has 5 aliphatic rings. The molecular weight excluding hydrogens is 448 g/mol. The van der Waals surface area contributed by atoms with E-state index >= 15 is 0 Å². The Morgan fingerprint density at radius 3 is 2.22 bits per heavy atom. The van der Waals surface area contributed by atoms with Crippen molar-refractivity contribution in [2.24, 2.45) is 50.2 Å². The molecule has 1 N–H and O–H groups in total. The average molecular weight is 501 g/mol. The minimum Gasteiger partial charge on any atom is -0.462 e. The second-order valence-corrected chi connectivity index (χ2v) is 16.0. The summed E-state index contributed by atoms with van der Waals surface area (Å²) in [6, 6.07) is 0. The van der Waals surface area contributed by atoms with E-state index in [9.17, 15) is 10.1 Å². The van der Waals surface area contributed by atoms with Crippen molar-refractivity contribution in [3.05, 3.63) is 11.6 Å². The first-order chi connectivity index (χ1) is 16.5. The lowest BCUT2D eigenvalue weighted by Crippen LogP contribution is -2.67. The van der Waals surface area contributed by atoms with Crippen LogP contribution in [-0.2, 0) is 14.4 Å². The van der Waals surface area contributed by atoms with E-state index in [-0.39, 0.29) is 45.8 Å². The van der Waals surface area contributed by atoms with E-state index < -0.39 is 0 Å². The molecule has 4 unspecified atom stereocenters. The monoisotopic (exact) mass is 500 g/mol. The van der Waals surface area contributed by atoms with Crippen LogP contribution in [0.25, 0.3) is 0 Å². The topological polar surface area (TPSA) is 55.8 Å². The summed E-state index contributed by atoms with van der Waals surface area (Å²) in [6.07, 6.45) is 12.6. The maximum absolute atomic E-state index is 11.9. The summed E-state index contributed by atoms with van der Waals surface area (Å²) in [5.41, 5.74) is 2.39. The van der Waals surface area contributed by atoms with Crippen molar-refractivity contribution in [2.75, 3.05) is 0 Å². The van der Waals surface area contributed by atoms with Crippen molar-refractivity contribution in [2.45, 2.75) is 132 Å². The lowest BCUT2D eigenvalue weighted by atomic mass is 9.33. The Balaban J connectivity index is 1.60. The van der Waals surface area contributed by atoms with Gasteiger partial charge in [-0.1, -0.05) is 67.0 Å². The number of rotatable bonds is 2. The van der Waals surface area contributed by atoms with Gasteiger partial charge in [0, 0.05) is 18.3 Å². The smallest absolute Gasteiger partial charge is 0.302 e. The maximum atomic E-state index is 11.9. The molecule has 9 atom stereocenters. The number of carbonyl (C=O) groups excluding carboxylic acids is 1. The summed E-state index contributed by atoms with van der Waals surface area (Å²) in [5, 5.41) is 10.5. The molecule has 0 aromatic rings. The number of ether oxygens (including phenoxy) is 1. The number of hydrogen-bond donors (Lipinski definition) is 1. The van der Waals surface area contributed by atoms with Crippen LogP contribution in [0.1, 0.15) is 120 Å². The highest BCUT2D eigenvalue weighted by Crippen LogP contribution is 2.76. The van der Waals surface area contributed by atoms with Gasteiger partial charge in [0.1, 0.15) is 12.2 Å². The van der Waals surface area contributed by atoms with Gasteiger partial charge in [-0.15, -0.1) is 0 Å². The summed E-state index contributed by atoms with van der Waals surface area (Å²) in [4.78, 5) is 17.4. The first-order valence-electron chi connectivity index (χ1n) is 14.7. The summed E-state index contributed by atoms with van der Waals surface area (Å²) in [5.74, 6) is 1.05. The molecule has 0 spiro atoms. The molecule has 0 aromatic heterocycles. The van der Waals surface area contributed by atoms with Crippen molar-refractivity contribution in [1.82, 2.24) is 0 Å². The third kappa shape index (κ3) is 3.48. The first-order valence-corrected chi connectivity index (χ1v) is 14.7. The van der Waals surface area contributed by atoms with Gasteiger partial charge in [0.15, 0.2) is 0 Å². The van der Waals surface area contributed by atoms with Gasteiger partial charge in [-0.05, 0) is 96.7 Å². The summed E-state index contributed by atoms with van der Waals surface area (Å²) in [6.45, 7) is 21.2. The minimum absolute atomic E-state index is 0.0121. The third-order valence-corrected chi connectivity index (χ3v) is 13.4. The first kappa shape index (κ1) is 26.7. The van der Waals surface area contributed by atoms with E-state index in [0.29, 0.717) is 22.7 Å². The lowest BCUT2D eigenvalue weighted by molar-refractivity contribution is -0.322. The quantitative estimate of drug-likeness (QED) is 0.180. The van der Waals surface area contributed by atoms with Crippen LogP contribution in [0.15, 0.2) is 11.6 Å². The highest BCUT2D eigenvalue weighted by Gasteiger charge is 2.70. The van der Waals surface area contributed by atoms with E-state index in [1.807, 2.05) is 0 Å². The fraction of sp³-hybridized carbons (Fsp3) is 0.906. The molecule has 0 amide bonds. The highest BCUT2D eigenvalue weighted by molar-refractivity contribution is 5.66. The number of allylic oxidation sites excluding steroid dienone is 1. The second-order valence-electron chi connectivity index (χ2n) is 16.0. The second kappa shape index (κ2) is 8.07. The van der Waals surface area contributed by atoms with Gasteiger partial charge in [0.05, 0.1) is 0 Å². The molecule has 5 aliphatic carbocycles. The Kier molecular flexibility index (Phi) is 5.99. The molecule has 0 aromatic carbocycles. The van der Waals surface area contributed by atoms with E-state index in [4.69, 9.17) is 9.62 Å². The Morgan fingerprint density at radius 2 is 1.58 bits per heavy atom. The molecule has 36 heavy (non-hydrogen) atoms. The fourth-order valence-corrected chi connectivity index (χ4v) is 11.1. The van der Waals surface area contributed by atoms with Gasteiger partial charge < -0.3 is 4.74 Å². The summed E-state index contributed by atoms with van der Waals surface area (Å²) < 4.78 is 5.88.